The Morgan fingerprint density at radius 2 is 1.85 bits per heavy atom. The molecule has 0 bridgehead atoms. The predicted octanol–water partition coefficient (Wildman–Crippen LogP) is 3.70. The van der Waals surface area contributed by atoms with Gasteiger partial charge in [0.25, 0.3) is 0 Å². The van der Waals surface area contributed by atoms with Gasteiger partial charge >= 0.3 is 6.18 Å². The zero-order chi connectivity index (χ0) is 14.8. The molecule has 0 aliphatic heterocycles. The van der Waals surface area contributed by atoms with Gasteiger partial charge in [0.15, 0.2) is 0 Å². The molecule has 1 aromatic heterocycles. The van der Waals surface area contributed by atoms with Crippen LogP contribution in [0.25, 0.3) is 11.3 Å². The molecule has 0 radical (unpaired) electrons. The molecule has 2 rings (SSSR count). The van der Waals surface area contributed by atoms with E-state index < -0.39 is 11.7 Å². The molecule has 0 fully saturated rings. The Hall–Kier alpha value is -2.11. The molecule has 0 saturated carbocycles. The summed E-state index contributed by atoms with van der Waals surface area (Å²) >= 11 is 0. The van der Waals surface area contributed by atoms with Crippen LogP contribution < -0.4 is 5.73 Å². The molecule has 0 saturated heterocycles. The third kappa shape index (κ3) is 2.74. The van der Waals surface area contributed by atoms with Crippen LogP contribution in [0.5, 0.6) is 0 Å². The Bertz CT molecular complexity index is 609. The molecule has 0 spiro atoms. The molecule has 20 heavy (non-hydrogen) atoms. The molecule has 0 unspecified atom stereocenters. The van der Waals surface area contributed by atoms with Gasteiger partial charge in [-0.3, -0.25) is 0 Å². The largest absolute Gasteiger partial charge is 0.417 e. The smallest absolute Gasteiger partial charge is 0.383 e. The van der Waals surface area contributed by atoms with Gasteiger partial charge in [-0.05, 0) is 12.5 Å². The first-order valence-electron chi connectivity index (χ1n) is 6.21. The fourth-order valence-corrected chi connectivity index (χ4v) is 2.09. The van der Waals surface area contributed by atoms with Crippen LogP contribution >= 0.6 is 0 Å². The van der Waals surface area contributed by atoms with Crippen molar-refractivity contribution in [3.63, 3.8) is 0 Å². The number of nitrogen functional groups attached to an aromatic ring is 1. The minimum Gasteiger partial charge on any atom is -0.383 e. The minimum atomic E-state index is -4.43. The summed E-state index contributed by atoms with van der Waals surface area (Å²) in [5.41, 5.74) is 5.92. The van der Waals surface area contributed by atoms with E-state index in [1.807, 2.05) is 6.92 Å². The number of nitrogens with two attached hydrogens (primary N) is 1. The second kappa shape index (κ2) is 5.48. The van der Waals surface area contributed by atoms with Crippen molar-refractivity contribution < 1.29 is 13.2 Å². The van der Waals surface area contributed by atoms with Gasteiger partial charge in [-0.15, -0.1) is 0 Å². The zero-order valence-electron chi connectivity index (χ0n) is 10.9. The van der Waals surface area contributed by atoms with E-state index in [-0.39, 0.29) is 17.1 Å². The molecule has 3 nitrogen and oxygen atoms in total. The van der Waals surface area contributed by atoms with E-state index in [0.29, 0.717) is 12.0 Å². The highest BCUT2D eigenvalue weighted by Gasteiger charge is 2.34. The van der Waals surface area contributed by atoms with Crippen LogP contribution in [0, 0.1) is 0 Å². The average Bonchev–Trinajstić information content (AvgIpc) is 2.40. The van der Waals surface area contributed by atoms with E-state index in [9.17, 15) is 13.2 Å². The van der Waals surface area contributed by atoms with Gasteiger partial charge in [0.2, 0.25) is 0 Å². The molecule has 0 amide bonds. The van der Waals surface area contributed by atoms with Crippen molar-refractivity contribution in [1.82, 2.24) is 9.97 Å². The number of alkyl halides is 3. The lowest BCUT2D eigenvalue weighted by molar-refractivity contribution is -0.137. The summed E-state index contributed by atoms with van der Waals surface area (Å²) in [5.74, 6) is 0.230. The molecule has 6 heteroatoms. The standard InChI is InChI=1S/C14H14F3N3/c1-2-5-10-12(19-8-20-13(10)18)9-6-3-4-7-11(9)14(15,16)17/h3-4,6-8H,2,5H2,1H3,(H2,18,19,20). The lowest BCUT2D eigenvalue weighted by Crippen LogP contribution is -2.09. The number of nitrogens with zero attached hydrogens (tertiary/aromatic N) is 2. The summed E-state index contributed by atoms with van der Waals surface area (Å²) in [4.78, 5) is 7.87. The summed E-state index contributed by atoms with van der Waals surface area (Å²) in [5, 5.41) is 0. The number of anilines is 1. The summed E-state index contributed by atoms with van der Waals surface area (Å²) in [6.07, 6.45) is -1.95. The molecule has 0 atom stereocenters. The number of benzene rings is 1. The maximum absolute atomic E-state index is 13.1. The Morgan fingerprint density at radius 3 is 2.50 bits per heavy atom. The Balaban J connectivity index is 2.66. The molecular formula is C14H14F3N3. The number of halogens is 3. The van der Waals surface area contributed by atoms with Crippen molar-refractivity contribution in [2.75, 3.05) is 5.73 Å². The Labute approximate surface area is 114 Å². The highest BCUT2D eigenvalue weighted by Crippen LogP contribution is 2.38. The van der Waals surface area contributed by atoms with Gasteiger partial charge < -0.3 is 5.73 Å². The molecule has 2 aromatic rings. The maximum Gasteiger partial charge on any atom is 0.417 e. The third-order valence-electron chi connectivity index (χ3n) is 2.97. The quantitative estimate of drug-likeness (QED) is 0.933. The van der Waals surface area contributed by atoms with Crippen molar-refractivity contribution in [2.45, 2.75) is 25.9 Å². The Kier molecular flexibility index (Phi) is 3.92. The van der Waals surface area contributed by atoms with E-state index in [4.69, 9.17) is 5.73 Å². The lowest BCUT2D eigenvalue weighted by Gasteiger charge is -2.15. The van der Waals surface area contributed by atoms with Crippen LogP contribution in [0.4, 0.5) is 19.0 Å². The fourth-order valence-electron chi connectivity index (χ4n) is 2.09. The molecule has 0 aliphatic rings. The van der Waals surface area contributed by atoms with Gasteiger partial charge in [0.05, 0.1) is 11.3 Å². The molecule has 0 aliphatic carbocycles. The zero-order valence-corrected chi connectivity index (χ0v) is 10.9. The highest BCUT2D eigenvalue weighted by molar-refractivity contribution is 5.70. The first-order chi connectivity index (χ1) is 9.45. The minimum absolute atomic E-state index is 0.0394. The first-order valence-corrected chi connectivity index (χ1v) is 6.21. The van der Waals surface area contributed by atoms with Crippen molar-refractivity contribution in [3.8, 4) is 11.3 Å². The van der Waals surface area contributed by atoms with Crippen LogP contribution in [-0.2, 0) is 12.6 Å². The monoisotopic (exact) mass is 281 g/mol. The summed E-state index contributed by atoms with van der Waals surface area (Å²) < 4.78 is 39.2. The van der Waals surface area contributed by atoms with E-state index in [1.165, 1.54) is 18.5 Å². The normalized spacial score (nSPS) is 11.6. The molecule has 1 heterocycles. The van der Waals surface area contributed by atoms with Crippen LogP contribution in [-0.4, -0.2) is 9.97 Å². The molecule has 106 valence electrons. The lowest BCUT2D eigenvalue weighted by atomic mass is 9.98. The van der Waals surface area contributed by atoms with Gasteiger partial charge in [0.1, 0.15) is 12.1 Å². The van der Waals surface area contributed by atoms with Crippen molar-refractivity contribution >= 4 is 5.82 Å². The van der Waals surface area contributed by atoms with E-state index >= 15 is 0 Å². The van der Waals surface area contributed by atoms with Gasteiger partial charge in [-0.1, -0.05) is 31.5 Å². The topological polar surface area (TPSA) is 51.8 Å². The second-order valence-corrected chi connectivity index (χ2v) is 4.38. The SMILES string of the molecule is CCCc1c(N)ncnc1-c1ccccc1C(F)(F)F. The maximum atomic E-state index is 13.1. The molecule has 1 aromatic carbocycles. The van der Waals surface area contributed by atoms with E-state index in [1.54, 1.807) is 6.07 Å². The number of hydrogen-bond acceptors (Lipinski definition) is 3. The van der Waals surface area contributed by atoms with Gasteiger partial charge in [-0.25, -0.2) is 9.97 Å². The van der Waals surface area contributed by atoms with E-state index in [0.717, 1.165) is 12.5 Å². The molecular weight excluding hydrogens is 267 g/mol. The van der Waals surface area contributed by atoms with Crippen molar-refractivity contribution in [1.29, 1.82) is 0 Å². The number of hydrogen-bond donors (Lipinski definition) is 1. The van der Waals surface area contributed by atoms with Crippen LogP contribution in [0.15, 0.2) is 30.6 Å². The van der Waals surface area contributed by atoms with Gasteiger partial charge in [0, 0.05) is 11.1 Å². The number of aromatic nitrogens is 2. The van der Waals surface area contributed by atoms with Crippen LogP contribution in [0.2, 0.25) is 0 Å². The van der Waals surface area contributed by atoms with Crippen LogP contribution in [0.1, 0.15) is 24.5 Å². The van der Waals surface area contributed by atoms with Crippen molar-refractivity contribution in [2.24, 2.45) is 0 Å². The second-order valence-electron chi connectivity index (χ2n) is 4.38. The fraction of sp³-hybridized carbons (Fsp3) is 0.286. The summed E-state index contributed by atoms with van der Waals surface area (Å²) in [6, 6.07) is 5.36. The summed E-state index contributed by atoms with van der Waals surface area (Å²) in [6.45, 7) is 1.92. The van der Waals surface area contributed by atoms with Crippen LogP contribution in [0.3, 0.4) is 0 Å². The van der Waals surface area contributed by atoms with Gasteiger partial charge in [-0.2, -0.15) is 13.2 Å². The summed E-state index contributed by atoms with van der Waals surface area (Å²) in [7, 11) is 0. The Morgan fingerprint density at radius 1 is 1.15 bits per heavy atom. The van der Waals surface area contributed by atoms with Crippen molar-refractivity contribution in [3.05, 3.63) is 41.7 Å². The first kappa shape index (κ1) is 14.3. The average molecular weight is 281 g/mol. The molecule has 2 N–H and O–H groups in total. The highest BCUT2D eigenvalue weighted by atomic mass is 19.4. The third-order valence-corrected chi connectivity index (χ3v) is 2.97. The van der Waals surface area contributed by atoms with E-state index in [2.05, 4.69) is 9.97 Å². The number of rotatable bonds is 3. The predicted molar refractivity (Wildman–Crippen MR) is 70.9 cm³/mol.